The van der Waals surface area contributed by atoms with Crippen molar-refractivity contribution in [2.24, 2.45) is 0 Å². The van der Waals surface area contributed by atoms with Gasteiger partial charge in [-0.15, -0.1) is 0 Å². The van der Waals surface area contributed by atoms with Crippen LogP contribution in [0.3, 0.4) is 0 Å². The minimum atomic E-state index is -0.0891. The zero-order valence-corrected chi connectivity index (χ0v) is 14.7. The van der Waals surface area contributed by atoms with E-state index in [1.165, 1.54) is 0 Å². The maximum Gasteiger partial charge on any atom is 0.276 e. The molecule has 1 amide bonds. The number of likely N-dealkylation sites (tertiary alicyclic amines) is 1. The molecule has 0 aliphatic carbocycles. The van der Waals surface area contributed by atoms with E-state index in [4.69, 9.17) is 14.0 Å². The molecule has 0 radical (unpaired) electrons. The molecule has 1 aromatic carbocycles. The lowest BCUT2D eigenvalue weighted by atomic mass is 10.0. The first-order chi connectivity index (χ1) is 12.2. The first-order valence-electron chi connectivity index (χ1n) is 8.62. The van der Waals surface area contributed by atoms with Crippen molar-refractivity contribution >= 4 is 5.91 Å². The van der Waals surface area contributed by atoms with Gasteiger partial charge in [0.2, 0.25) is 0 Å². The van der Waals surface area contributed by atoms with Gasteiger partial charge < -0.3 is 18.9 Å². The zero-order valence-electron chi connectivity index (χ0n) is 14.7. The van der Waals surface area contributed by atoms with Gasteiger partial charge in [0.1, 0.15) is 12.4 Å². The Hall–Kier alpha value is -2.34. The van der Waals surface area contributed by atoms with Crippen LogP contribution in [0.4, 0.5) is 0 Å². The van der Waals surface area contributed by atoms with Crippen molar-refractivity contribution in [1.82, 2.24) is 10.1 Å². The zero-order chi connectivity index (χ0) is 17.6. The fourth-order valence-electron chi connectivity index (χ4n) is 3.30. The lowest BCUT2D eigenvalue weighted by Gasteiger charge is -2.30. The molecule has 6 heteroatoms. The molecular weight excluding hydrogens is 320 g/mol. The third kappa shape index (κ3) is 4.02. The molecule has 6 nitrogen and oxygen atoms in total. The first kappa shape index (κ1) is 17.5. The highest BCUT2D eigenvalue weighted by Crippen LogP contribution is 2.32. The lowest BCUT2D eigenvalue weighted by Crippen LogP contribution is -2.35. The number of hydrogen-bond acceptors (Lipinski definition) is 5. The summed E-state index contributed by atoms with van der Waals surface area (Å²) in [5.41, 5.74) is 1.46. The number of carbonyl (C=O) groups excluding carboxylic acids is 1. The summed E-state index contributed by atoms with van der Waals surface area (Å²) in [6.45, 7) is 1.03. The van der Waals surface area contributed by atoms with E-state index in [9.17, 15) is 4.79 Å². The van der Waals surface area contributed by atoms with Crippen molar-refractivity contribution < 1.29 is 18.8 Å². The van der Waals surface area contributed by atoms with Gasteiger partial charge in [0.05, 0.1) is 13.2 Å². The molecular formula is C19H24N2O4. The van der Waals surface area contributed by atoms with Crippen LogP contribution in [-0.2, 0) is 11.3 Å². The first-order valence-corrected chi connectivity index (χ1v) is 8.62. The minimum absolute atomic E-state index is 0.0449. The smallest absolute Gasteiger partial charge is 0.276 e. The summed E-state index contributed by atoms with van der Waals surface area (Å²) in [5, 5.41) is 3.93. The van der Waals surface area contributed by atoms with E-state index in [0.29, 0.717) is 18.1 Å². The van der Waals surface area contributed by atoms with Crippen LogP contribution in [0.25, 0.3) is 0 Å². The topological polar surface area (TPSA) is 64.8 Å². The second-order valence-electron chi connectivity index (χ2n) is 6.25. The number of methoxy groups -OCH3 is 2. The van der Waals surface area contributed by atoms with E-state index in [-0.39, 0.29) is 11.9 Å². The Labute approximate surface area is 147 Å². The largest absolute Gasteiger partial charge is 0.497 e. The summed E-state index contributed by atoms with van der Waals surface area (Å²) in [7, 11) is 3.23. The van der Waals surface area contributed by atoms with E-state index >= 15 is 0 Å². The molecule has 1 aliphatic heterocycles. The number of carbonyl (C=O) groups is 1. The number of ether oxygens (including phenoxy) is 2. The van der Waals surface area contributed by atoms with E-state index in [0.717, 1.165) is 43.5 Å². The molecule has 1 fully saturated rings. The van der Waals surface area contributed by atoms with Crippen molar-refractivity contribution in [3.05, 3.63) is 47.3 Å². The number of nitrogens with zero attached hydrogens (tertiary/aromatic N) is 2. The highest BCUT2D eigenvalue weighted by atomic mass is 16.5. The molecule has 134 valence electrons. The summed E-state index contributed by atoms with van der Waals surface area (Å²) in [4.78, 5) is 14.9. The van der Waals surface area contributed by atoms with Crippen LogP contribution < -0.4 is 4.74 Å². The van der Waals surface area contributed by atoms with Gasteiger partial charge in [-0.1, -0.05) is 30.1 Å². The molecule has 1 saturated heterocycles. The Bertz CT molecular complexity index is 696. The van der Waals surface area contributed by atoms with Gasteiger partial charge in [-0.25, -0.2) is 0 Å². The molecule has 0 spiro atoms. The third-order valence-corrected chi connectivity index (χ3v) is 4.58. The maximum atomic E-state index is 13.0. The van der Waals surface area contributed by atoms with Crippen LogP contribution in [-0.4, -0.2) is 36.7 Å². The van der Waals surface area contributed by atoms with Crippen molar-refractivity contribution in [3.8, 4) is 5.75 Å². The Morgan fingerprint density at radius 2 is 2.04 bits per heavy atom. The summed E-state index contributed by atoms with van der Waals surface area (Å²) >= 11 is 0. The predicted molar refractivity (Wildman–Crippen MR) is 92.5 cm³/mol. The van der Waals surface area contributed by atoms with E-state index in [1.54, 1.807) is 20.3 Å². The second-order valence-corrected chi connectivity index (χ2v) is 6.25. The molecule has 2 aromatic rings. The van der Waals surface area contributed by atoms with Gasteiger partial charge in [-0.2, -0.15) is 0 Å². The number of benzene rings is 1. The van der Waals surface area contributed by atoms with Crippen molar-refractivity contribution in [3.63, 3.8) is 0 Å². The quantitative estimate of drug-likeness (QED) is 0.829. The summed E-state index contributed by atoms with van der Waals surface area (Å²) in [6, 6.07) is 9.67. The Morgan fingerprint density at radius 1 is 1.24 bits per heavy atom. The Balaban J connectivity index is 1.84. The van der Waals surface area contributed by atoms with Crippen LogP contribution >= 0.6 is 0 Å². The van der Waals surface area contributed by atoms with Crippen LogP contribution in [0.1, 0.15) is 53.5 Å². The SMILES string of the molecule is COCc1cc(C(=O)N2CCCCCC2c2ccc(OC)cc2)no1. The third-order valence-electron chi connectivity index (χ3n) is 4.58. The summed E-state index contributed by atoms with van der Waals surface area (Å²) in [5.74, 6) is 1.28. The number of hydrogen-bond donors (Lipinski definition) is 0. The molecule has 0 bridgehead atoms. The highest BCUT2D eigenvalue weighted by molar-refractivity contribution is 5.92. The predicted octanol–water partition coefficient (Wildman–Crippen LogP) is 3.59. The highest BCUT2D eigenvalue weighted by Gasteiger charge is 2.29. The Morgan fingerprint density at radius 3 is 2.76 bits per heavy atom. The van der Waals surface area contributed by atoms with E-state index < -0.39 is 0 Å². The fraction of sp³-hybridized carbons (Fsp3) is 0.474. The van der Waals surface area contributed by atoms with Gasteiger partial charge >= 0.3 is 0 Å². The number of aromatic nitrogens is 1. The fourth-order valence-corrected chi connectivity index (χ4v) is 3.30. The maximum absolute atomic E-state index is 13.0. The van der Waals surface area contributed by atoms with Crippen LogP contribution in [0.15, 0.2) is 34.9 Å². The molecule has 1 aliphatic rings. The van der Waals surface area contributed by atoms with Gasteiger partial charge in [0.25, 0.3) is 5.91 Å². The second kappa shape index (κ2) is 8.16. The van der Waals surface area contributed by atoms with Crippen LogP contribution in [0.5, 0.6) is 5.75 Å². The summed E-state index contributed by atoms with van der Waals surface area (Å²) < 4.78 is 15.4. The average molecular weight is 344 g/mol. The molecule has 25 heavy (non-hydrogen) atoms. The normalized spacial score (nSPS) is 18.0. The van der Waals surface area contributed by atoms with Gasteiger partial charge in [-0.3, -0.25) is 4.79 Å². The van der Waals surface area contributed by atoms with Crippen LogP contribution in [0.2, 0.25) is 0 Å². The Kier molecular flexibility index (Phi) is 5.71. The monoisotopic (exact) mass is 344 g/mol. The van der Waals surface area contributed by atoms with Gasteiger partial charge in [0.15, 0.2) is 11.5 Å². The number of rotatable bonds is 5. The van der Waals surface area contributed by atoms with Crippen LogP contribution in [0, 0.1) is 0 Å². The molecule has 1 atom stereocenters. The molecule has 0 N–H and O–H groups in total. The van der Waals surface area contributed by atoms with Crippen molar-refractivity contribution in [1.29, 1.82) is 0 Å². The van der Waals surface area contributed by atoms with E-state index in [2.05, 4.69) is 5.16 Å². The van der Waals surface area contributed by atoms with Gasteiger partial charge in [0, 0.05) is 19.7 Å². The average Bonchev–Trinajstić information content (AvgIpc) is 2.97. The molecule has 3 rings (SSSR count). The molecule has 0 saturated carbocycles. The standard InChI is InChI=1S/C19H24N2O4/c1-23-13-16-12-17(20-25-16)19(22)21-11-5-3-4-6-18(21)14-7-9-15(24-2)10-8-14/h7-10,12,18H,3-6,11,13H2,1-2H3. The van der Waals surface area contributed by atoms with Crippen molar-refractivity contribution in [2.75, 3.05) is 20.8 Å². The van der Waals surface area contributed by atoms with Crippen molar-refractivity contribution in [2.45, 2.75) is 38.3 Å². The summed E-state index contributed by atoms with van der Waals surface area (Å²) in [6.07, 6.45) is 4.18. The van der Waals surface area contributed by atoms with Gasteiger partial charge in [-0.05, 0) is 30.5 Å². The molecule has 1 unspecified atom stereocenters. The lowest BCUT2D eigenvalue weighted by molar-refractivity contribution is 0.0669. The number of amides is 1. The molecule has 2 heterocycles. The minimum Gasteiger partial charge on any atom is -0.497 e. The molecule has 1 aromatic heterocycles. The van der Waals surface area contributed by atoms with E-state index in [1.807, 2.05) is 29.2 Å².